The summed E-state index contributed by atoms with van der Waals surface area (Å²) in [5, 5.41) is 9.04. The molecule has 2 aliphatic heterocycles. The fourth-order valence-electron chi connectivity index (χ4n) is 3.50. The van der Waals surface area contributed by atoms with E-state index in [1.807, 2.05) is 12.3 Å². The van der Waals surface area contributed by atoms with Crippen molar-refractivity contribution in [2.24, 2.45) is 5.92 Å². The molecule has 2 saturated heterocycles. The SMILES string of the molecule is O=C(O)C1CCN(C[C@H]2CC[C@@H](Cc3cccnc3)O2)CC1. The standard InChI is InChI=1S/C17H24N2O3/c20-17(21)14-5-8-19(9-6-14)12-16-4-3-15(22-16)10-13-2-1-7-18-11-13/h1-2,7,11,14-16H,3-6,8-10,12H2,(H,20,21)/t15-,16+/m0/s1. The van der Waals surface area contributed by atoms with Crippen LogP contribution in [0.15, 0.2) is 24.5 Å². The minimum atomic E-state index is -0.645. The van der Waals surface area contributed by atoms with E-state index in [1.165, 1.54) is 5.56 Å². The Balaban J connectivity index is 1.41. The zero-order valence-corrected chi connectivity index (χ0v) is 12.9. The predicted octanol–water partition coefficient (Wildman–Crippen LogP) is 1.97. The number of ether oxygens (including phenoxy) is 1. The lowest BCUT2D eigenvalue weighted by Crippen LogP contribution is -2.40. The molecule has 2 aliphatic rings. The zero-order valence-electron chi connectivity index (χ0n) is 12.9. The summed E-state index contributed by atoms with van der Waals surface area (Å²) in [7, 11) is 0. The number of aliphatic carboxylic acids is 1. The average Bonchev–Trinajstić information content (AvgIpc) is 2.96. The minimum absolute atomic E-state index is 0.154. The van der Waals surface area contributed by atoms with E-state index in [0.29, 0.717) is 12.2 Å². The molecule has 2 atom stereocenters. The zero-order chi connectivity index (χ0) is 15.4. The maximum atomic E-state index is 11.0. The second-order valence-corrected chi connectivity index (χ2v) is 6.44. The number of rotatable bonds is 5. The quantitative estimate of drug-likeness (QED) is 0.901. The fraction of sp³-hybridized carbons (Fsp3) is 0.647. The van der Waals surface area contributed by atoms with Crippen LogP contribution < -0.4 is 0 Å². The number of hydrogen-bond acceptors (Lipinski definition) is 4. The molecule has 1 aromatic rings. The summed E-state index contributed by atoms with van der Waals surface area (Å²) in [6.45, 7) is 2.70. The van der Waals surface area contributed by atoms with Crippen molar-refractivity contribution in [2.75, 3.05) is 19.6 Å². The van der Waals surface area contributed by atoms with Crippen LogP contribution in [0, 0.1) is 5.92 Å². The summed E-state index contributed by atoms with van der Waals surface area (Å²) >= 11 is 0. The maximum absolute atomic E-state index is 11.0. The molecule has 120 valence electrons. The molecule has 5 heteroatoms. The molecule has 0 unspecified atom stereocenters. The molecule has 0 bridgehead atoms. The van der Waals surface area contributed by atoms with Gasteiger partial charge in [-0.05, 0) is 50.4 Å². The first-order chi connectivity index (χ1) is 10.7. The molecule has 0 spiro atoms. The lowest BCUT2D eigenvalue weighted by atomic mass is 9.97. The highest BCUT2D eigenvalue weighted by Gasteiger charge is 2.30. The Kier molecular flexibility index (Phi) is 5.05. The van der Waals surface area contributed by atoms with Gasteiger partial charge in [0, 0.05) is 25.4 Å². The lowest BCUT2D eigenvalue weighted by Gasteiger charge is -2.31. The van der Waals surface area contributed by atoms with Gasteiger partial charge in [0.2, 0.25) is 0 Å². The molecule has 3 rings (SSSR count). The molecule has 5 nitrogen and oxygen atoms in total. The number of piperidine rings is 1. The highest BCUT2D eigenvalue weighted by atomic mass is 16.5. The van der Waals surface area contributed by atoms with Gasteiger partial charge in [0.1, 0.15) is 0 Å². The highest BCUT2D eigenvalue weighted by Crippen LogP contribution is 2.25. The molecule has 1 N–H and O–H groups in total. The Morgan fingerprint density at radius 1 is 1.27 bits per heavy atom. The monoisotopic (exact) mass is 304 g/mol. The van der Waals surface area contributed by atoms with Gasteiger partial charge in [0.15, 0.2) is 0 Å². The third kappa shape index (κ3) is 4.05. The summed E-state index contributed by atoms with van der Waals surface area (Å²) in [5.41, 5.74) is 1.23. The van der Waals surface area contributed by atoms with Gasteiger partial charge in [-0.1, -0.05) is 6.07 Å². The number of hydrogen-bond donors (Lipinski definition) is 1. The molecular weight excluding hydrogens is 280 g/mol. The first-order valence-corrected chi connectivity index (χ1v) is 8.20. The van der Waals surface area contributed by atoms with E-state index in [-0.39, 0.29) is 5.92 Å². The summed E-state index contributed by atoms with van der Waals surface area (Å²) in [6.07, 6.45) is 8.97. The maximum Gasteiger partial charge on any atom is 0.306 e. The van der Waals surface area contributed by atoms with Gasteiger partial charge in [0.25, 0.3) is 0 Å². The average molecular weight is 304 g/mol. The van der Waals surface area contributed by atoms with E-state index in [2.05, 4.69) is 16.0 Å². The van der Waals surface area contributed by atoms with Crippen LogP contribution >= 0.6 is 0 Å². The molecule has 0 aromatic carbocycles. The normalized spacial score (nSPS) is 27.1. The van der Waals surface area contributed by atoms with Gasteiger partial charge in [0.05, 0.1) is 18.1 Å². The number of carboxylic acid groups (broad SMARTS) is 1. The minimum Gasteiger partial charge on any atom is -0.481 e. The van der Waals surface area contributed by atoms with Crippen LogP contribution in [0.25, 0.3) is 0 Å². The van der Waals surface area contributed by atoms with Crippen molar-refractivity contribution in [1.82, 2.24) is 9.88 Å². The molecule has 0 radical (unpaired) electrons. The van der Waals surface area contributed by atoms with Gasteiger partial charge in [-0.15, -0.1) is 0 Å². The van der Waals surface area contributed by atoms with Crippen molar-refractivity contribution in [3.63, 3.8) is 0 Å². The Morgan fingerprint density at radius 2 is 2.05 bits per heavy atom. The van der Waals surface area contributed by atoms with Crippen LogP contribution in [0.3, 0.4) is 0 Å². The van der Waals surface area contributed by atoms with Crippen LogP contribution in [-0.2, 0) is 16.0 Å². The van der Waals surface area contributed by atoms with Crippen molar-refractivity contribution in [3.05, 3.63) is 30.1 Å². The molecule has 3 heterocycles. The van der Waals surface area contributed by atoms with Crippen LogP contribution in [-0.4, -0.2) is 52.8 Å². The summed E-state index contributed by atoms with van der Waals surface area (Å²) in [6, 6.07) is 4.06. The number of pyridine rings is 1. The van der Waals surface area contributed by atoms with Gasteiger partial charge in [-0.2, -0.15) is 0 Å². The number of nitrogens with zero attached hydrogens (tertiary/aromatic N) is 2. The van der Waals surface area contributed by atoms with Crippen molar-refractivity contribution < 1.29 is 14.6 Å². The third-order valence-electron chi connectivity index (χ3n) is 4.78. The Bertz CT molecular complexity index is 486. The first kappa shape index (κ1) is 15.4. The van der Waals surface area contributed by atoms with Gasteiger partial charge >= 0.3 is 5.97 Å². The van der Waals surface area contributed by atoms with E-state index in [9.17, 15) is 4.79 Å². The topological polar surface area (TPSA) is 62.7 Å². The molecule has 1 aromatic heterocycles. The van der Waals surface area contributed by atoms with E-state index >= 15 is 0 Å². The highest BCUT2D eigenvalue weighted by molar-refractivity contribution is 5.70. The molecular formula is C17H24N2O3. The van der Waals surface area contributed by atoms with Crippen LogP contribution in [0.1, 0.15) is 31.2 Å². The van der Waals surface area contributed by atoms with E-state index < -0.39 is 5.97 Å². The largest absolute Gasteiger partial charge is 0.481 e. The Hall–Kier alpha value is -1.46. The predicted molar refractivity (Wildman–Crippen MR) is 82.6 cm³/mol. The van der Waals surface area contributed by atoms with Crippen LogP contribution in [0.4, 0.5) is 0 Å². The van der Waals surface area contributed by atoms with Crippen molar-refractivity contribution >= 4 is 5.97 Å². The molecule has 0 amide bonds. The van der Waals surface area contributed by atoms with Crippen molar-refractivity contribution in [1.29, 1.82) is 0 Å². The lowest BCUT2D eigenvalue weighted by molar-refractivity contribution is -0.143. The second kappa shape index (κ2) is 7.20. The Morgan fingerprint density at radius 3 is 2.73 bits per heavy atom. The molecule has 2 fully saturated rings. The van der Waals surface area contributed by atoms with Crippen LogP contribution in [0.5, 0.6) is 0 Å². The third-order valence-corrected chi connectivity index (χ3v) is 4.78. The van der Waals surface area contributed by atoms with Crippen molar-refractivity contribution in [3.8, 4) is 0 Å². The van der Waals surface area contributed by atoms with Gasteiger partial charge < -0.3 is 14.7 Å². The fourth-order valence-corrected chi connectivity index (χ4v) is 3.50. The second-order valence-electron chi connectivity index (χ2n) is 6.44. The summed E-state index contributed by atoms with van der Waals surface area (Å²) in [5.74, 6) is -0.799. The number of carbonyl (C=O) groups is 1. The van der Waals surface area contributed by atoms with E-state index in [1.54, 1.807) is 6.20 Å². The summed E-state index contributed by atoms with van der Waals surface area (Å²) < 4.78 is 6.16. The number of carboxylic acids is 1. The first-order valence-electron chi connectivity index (χ1n) is 8.20. The molecule has 22 heavy (non-hydrogen) atoms. The van der Waals surface area contributed by atoms with E-state index in [4.69, 9.17) is 9.84 Å². The van der Waals surface area contributed by atoms with Crippen molar-refractivity contribution in [2.45, 2.75) is 44.3 Å². The smallest absolute Gasteiger partial charge is 0.306 e. The number of likely N-dealkylation sites (tertiary alicyclic amines) is 1. The van der Waals surface area contributed by atoms with Crippen LogP contribution in [0.2, 0.25) is 0 Å². The number of aromatic nitrogens is 1. The molecule has 0 saturated carbocycles. The Labute approximate surface area is 131 Å². The van der Waals surface area contributed by atoms with E-state index in [0.717, 1.165) is 51.7 Å². The van der Waals surface area contributed by atoms with Gasteiger partial charge in [-0.3, -0.25) is 9.78 Å². The molecule has 0 aliphatic carbocycles. The summed E-state index contributed by atoms with van der Waals surface area (Å²) in [4.78, 5) is 17.5. The van der Waals surface area contributed by atoms with Gasteiger partial charge in [-0.25, -0.2) is 0 Å².